The first-order valence-corrected chi connectivity index (χ1v) is 7.89. The third-order valence-electron chi connectivity index (χ3n) is 3.53. The van der Waals surface area contributed by atoms with Crippen LogP contribution < -0.4 is 16.4 Å². The van der Waals surface area contributed by atoms with E-state index in [0.29, 0.717) is 13.0 Å². The smallest absolute Gasteiger partial charge is 0.221 e. The van der Waals surface area contributed by atoms with E-state index in [1.165, 1.54) is 0 Å². The molecule has 2 aromatic rings. The van der Waals surface area contributed by atoms with Gasteiger partial charge in [-0.15, -0.1) is 24.8 Å². The molecule has 0 saturated heterocycles. The Hall–Kier alpha value is -1.82. The van der Waals surface area contributed by atoms with Crippen molar-refractivity contribution in [3.05, 3.63) is 59.8 Å². The van der Waals surface area contributed by atoms with Crippen molar-refractivity contribution in [3.63, 3.8) is 0 Å². The van der Waals surface area contributed by atoms with Crippen molar-refractivity contribution in [3.8, 4) is 0 Å². The van der Waals surface area contributed by atoms with E-state index in [-0.39, 0.29) is 36.8 Å². The summed E-state index contributed by atoms with van der Waals surface area (Å²) in [5.74, 6) is 0.836. The minimum absolute atomic E-state index is 0. The SMILES string of the molecule is Cc1ccc(NCCCNC(=O)CC(N)c2ccccc2)nc1.Cl.Cl. The highest BCUT2D eigenvalue weighted by molar-refractivity contribution is 5.85. The van der Waals surface area contributed by atoms with Crippen LogP contribution in [0.2, 0.25) is 0 Å². The van der Waals surface area contributed by atoms with Crippen LogP contribution in [0.3, 0.4) is 0 Å². The fraction of sp³-hybridized carbons (Fsp3) is 0.333. The van der Waals surface area contributed by atoms with Crippen LogP contribution in [-0.4, -0.2) is 24.0 Å². The molecule has 0 saturated carbocycles. The average Bonchev–Trinajstić information content (AvgIpc) is 2.57. The molecule has 25 heavy (non-hydrogen) atoms. The molecule has 1 aromatic carbocycles. The van der Waals surface area contributed by atoms with E-state index in [9.17, 15) is 4.79 Å². The van der Waals surface area contributed by atoms with Gasteiger partial charge in [-0.1, -0.05) is 36.4 Å². The highest BCUT2D eigenvalue weighted by Gasteiger charge is 2.10. The highest BCUT2D eigenvalue weighted by atomic mass is 35.5. The molecule has 5 nitrogen and oxygen atoms in total. The molecule has 0 aliphatic rings. The molecule has 138 valence electrons. The minimum atomic E-state index is -0.258. The summed E-state index contributed by atoms with van der Waals surface area (Å²) in [5.41, 5.74) is 8.15. The molecule has 0 fully saturated rings. The number of carbonyl (C=O) groups is 1. The van der Waals surface area contributed by atoms with Crippen LogP contribution in [0.5, 0.6) is 0 Å². The van der Waals surface area contributed by atoms with Crippen LogP contribution in [0.4, 0.5) is 5.82 Å². The molecule has 1 heterocycles. The molecular formula is C18H26Cl2N4O. The third kappa shape index (κ3) is 8.72. The number of aryl methyl sites for hydroxylation is 1. The van der Waals surface area contributed by atoms with Crippen LogP contribution in [-0.2, 0) is 4.79 Å². The number of amides is 1. The van der Waals surface area contributed by atoms with Gasteiger partial charge in [0.2, 0.25) is 5.91 Å². The van der Waals surface area contributed by atoms with Gasteiger partial charge in [0.05, 0.1) is 0 Å². The van der Waals surface area contributed by atoms with Crippen molar-refractivity contribution >= 4 is 36.5 Å². The Kier molecular flexibility index (Phi) is 11.6. The van der Waals surface area contributed by atoms with Gasteiger partial charge in [-0.2, -0.15) is 0 Å². The van der Waals surface area contributed by atoms with Gasteiger partial charge in [-0.05, 0) is 30.5 Å². The van der Waals surface area contributed by atoms with E-state index in [1.54, 1.807) is 0 Å². The van der Waals surface area contributed by atoms with Gasteiger partial charge < -0.3 is 16.4 Å². The summed E-state index contributed by atoms with van der Waals surface area (Å²) < 4.78 is 0. The maximum Gasteiger partial charge on any atom is 0.221 e. The number of nitrogens with two attached hydrogens (primary N) is 1. The summed E-state index contributed by atoms with van der Waals surface area (Å²) in [6.07, 6.45) is 2.97. The lowest BCUT2D eigenvalue weighted by atomic mass is 10.0. The number of nitrogens with zero attached hydrogens (tertiary/aromatic N) is 1. The van der Waals surface area contributed by atoms with Gasteiger partial charge in [0.25, 0.3) is 0 Å². The van der Waals surface area contributed by atoms with Gasteiger partial charge in [-0.25, -0.2) is 4.98 Å². The first-order chi connectivity index (χ1) is 11.1. The molecule has 4 N–H and O–H groups in total. The summed E-state index contributed by atoms with van der Waals surface area (Å²) in [6, 6.07) is 13.4. The van der Waals surface area contributed by atoms with Gasteiger partial charge in [-0.3, -0.25) is 4.79 Å². The lowest BCUT2D eigenvalue weighted by Gasteiger charge is -2.12. The summed E-state index contributed by atoms with van der Waals surface area (Å²) in [6.45, 7) is 3.40. The van der Waals surface area contributed by atoms with Gasteiger partial charge >= 0.3 is 0 Å². The normalized spacial score (nSPS) is 10.8. The average molecular weight is 385 g/mol. The van der Waals surface area contributed by atoms with Gasteiger partial charge in [0.1, 0.15) is 5.82 Å². The van der Waals surface area contributed by atoms with Crippen molar-refractivity contribution < 1.29 is 4.79 Å². The molecule has 1 amide bonds. The Morgan fingerprint density at radius 1 is 1.12 bits per heavy atom. The lowest BCUT2D eigenvalue weighted by Crippen LogP contribution is -2.29. The Balaban J connectivity index is 0.00000288. The first kappa shape index (κ1) is 23.2. The molecule has 1 atom stereocenters. The summed E-state index contributed by atoms with van der Waals surface area (Å²) >= 11 is 0. The van der Waals surface area contributed by atoms with Crippen molar-refractivity contribution in [2.75, 3.05) is 18.4 Å². The van der Waals surface area contributed by atoms with Crippen molar-refractivity contribution in [1.29, 1.82) is 0 Å². The van der Waals surface area contributed by atoms with Crippen LogP contribution in [0.15, 0.2) is 48.7 Å². The third-order valence-corrected chi connectivity index (χ3v) is 3.53. The molecule has 0 aliphatic carbocycles. The highest BCUT2D eigenvalue weighted by Crippen LogP contribution is 2.12. The number of pyridine rings is 1. The second-order valence-electron chi connectivity index (χ2n) is 5.57. The lowest BCUT2D eigenvalue weighted by molar-refractivity contribution is -0.121. The first-order valence-electron chi connectivity index (χ1n) is 7.89. The quantitative estimate of drug-likeness (QED) is 0.610. The van der Waals surface area contributed by atoms with Crippen molar-refractivity contribution in [1.82, 2.24) is 10.3 Å². The topological polar surface area (TPSA) is 80.0 Å². The number of benzene rings is 1. The molecule has 1 aromatic heterocycles. The van der Waals surface area contributed by atoms with E-state index in [2.05, 4.69) is 15.6 Å². The van der Waals surface area contributed by atoms with Gasteiger partial charge in [0, 0.05) is 31.7 Å². The monoisotopic (exact) mass is 384 g/mol. The molecule has 0 bridgehead atoms. The molecular weight excluding hydrogens is 359 g/mol. The number of anilines is 1. The van der Waals surface area contributed by atoms with E-state index >= 15 is 0 Å². The fourth-order valence-corrected chi connectivity index (χ4v) is 2.20. The van der Waals surface area contributed by atoms with E-state index in [1.807, 2.05) is 55.6 Å². The molecule has 1 unspecified atom stereocenters. The second kappa shape index (κ2) is 12.5. The number of halogens is 2. The largest absolute Gasteiger partial charge is 0.370 e. The van der Waals surface area contributed by atoms with E-state index < -0.39 is 0 Å². The molecule has 0 radical (unpaired) electrons. The number of hydrogen-bond donors (Lipinski definition) is 3. The van der Waals surface area contributed by atoms with Crippen LogP contribution in [0.25, 0.3) is 0 Å². The Morgan fingerprint density at radius 2 is 1.84 bits per heavy atom. The standard InChI is InChI=1S/C18H24N4O.2ClH/c1-14-8-9-17(22-13-14)20-10-5-11-21-18(23)12-16(19)15-6-3-2-4-7-15;;/h2-4,6-9,13,16H,5,10-12,19H2,1H3,(H,20,22)(H,21,23);2*1H. The molecule has 7 heteroatoms. The number of rotatable bonds is 8. The molecule has 0 spiro atoms. The van der Waals surface area contributed by atoms with Crippen LogP contribution in [0.1, 0.15) is 30.0 Å². The Bertz CT molecular complexity index is 608. The number of aromatic nitrogens is 1. The fourth-order valence-electron chi connectivity index (χ4n) is 2.20. The number of nitrogens with one attached hydrogen (secondary N) is 2. The predicted molar refractivity (Wildman–Crippen MR) is 108 cm³/mol. The summed E-state index contributed by atoms with van der Waals surface area (Å²) in [7, 11) is 0. The zero-order chi connectivity index (χ0) is 16.5. The van der Waals surface area contributed by atoms with Gasteiger partial charge in [0.15, 0.2) is 0 Å². The van der Waals surface area contributed by atoms with E-state index in [4.69, 9.17) is 5.73 Å². The molecule has 0 aliphatic heterocycles. The summed E-state index contributed by atoms with van der Waals surface area (Å²) in [4.78, 5) is 16.1. The zero-order valence-electron chi connectivity index (χ0n) is 14.3. The van der Waals surface area contributed by atoms with Crippen LogP contribution >= 0.6 is 24.8 Å². The minimum Gasteiger partial charge on any atom is -0.370 e. The predicted octanol–water partition coefficient (Wildman–Crippen LogP) is 3.24. The molecule has 2 rings (SSSR count). The maximum atomic E-state index is 11.9. The number of hydrogen-bond acceptors (Lipinski definition) is 4. The Labute approximate surface area is 161 Å². The zero-order valence-corrected chi connectivity index (χ0v) is 15.9. The second-order valence-corrected chi connectivity index (χ2v) is 5.57. The van der Waals surface area contributed by atoms with Crippen LogP contribution in [0, 0.1) is 6.92 Å². The summed E-state index contributed by atoms with van der Waals surface area (Å²) in [5, 5.41) is 6.12. The van der Waals surface area contributed by atoms with Crippen molar-refractivity contribution in [2.45, 2.75) is 25.8 Å². The number of carbonyl (C=O) groups excluding carboxylic acids is 1. The van der Waals surface area contributed by atoms with Crippen molar-refractivity contribution in [2.24, 2.45) is 5.73 Å². The maximum absolute atomic E-state index is 11.9. The van der Waals surface area contributed by atoms with E-state index in [0.717, 1.165) is 29.9 Å². The Morgan fingerprint density at radius 3 is 2.48 bits per heavy atom.